The zero-order valence-electron chi connectivity index (χ0n) is 14.8. The monoisotopic (exact) mass is 374 g/mol. The van der Waals surface area contributed by atoms with Crippen LogP contribution in [0.5, 0.6) is 5.75 Å². The molecule has 2 aliphatic heterocycles. The molecule has 4 heteroatoms. The van der Waals surface area contributed by atoms with Gasteiger partial charge in [0.2, 0.25) is 0 Å². The summed E-state index contributed by atoms with van der Waals surface area (Å²) in [6.07, 6.45) is -0.248. The second kappa shape index (κ2) is 6.25. The van der Waals surface area contributed by atoms with Gasteiger partial charge in [-0.05, 0) is 29.3 Å². The van der Waals surface area contributed by atoms with Crippen LogP contribution in [0.1, 0.15) is 32.8 Å². The maximum atomic E-state index is 13.5. The van der Waals surface area contributed by atoms with Crippen LogP contribution < -0.4 is 4.74 Å². The van der Waals surface area contributed by atoms with Gasteiger partial charge < -0.3 is 9.47 Å². The van der Waals surface area contributed by atoms with Crippen LogP contribution in [0, 0.1) is 0 Å². The summed E-state index contributed by atoms with van der Waals surface area (Å²) in [4.78, 5) is 14.5. The van der Waals surface area contributed by atoms with Crippen molar-refractivity contribution >= 4 is 17.5 Å². The van der Waals surface area contributed by atoms with Gasteiger partial charge in [-0.15, -0.1) is 11.8 Å². The van der Waals surface area contributed by atoms with Gasteiger partial charge in [0.25, 0.3) is 0 Å². The Hall–Kier alpha value is -2.56. The lowest BCUT2D eigenvalue weighted by Gasteiger charge is -2.30. The molecule has 1 spiro atoms. The third kappa shape index (κ3) is 2.52. The molecule has 5 rings (SSSR count). The summed E-state index contributed by atoms with van der Waals surface area (Å²) in [5, 5.41) is -0.0757. The van der Waals surface area contributed by atoms with Crippen LogP contribution in [-0.4, -0.2) is 18.5 Å². The summed E-state index contributed by atoms with van der Waals surface area (Å²) in [6.45, 7) is 0. The molecule has 3 atom stereocenters. The molecule has 1 fully saturated rings. The molecule has 1 saturated heterocycles. The third-order valence-electron chi connectivity index (χ3n) is 5.29. The van der Waals surface area contributed by atoms with Crippen molar-refractivity contribution in [3.05, 3.63) is 95.6 Å². The number of benzene rings is 3. The second-order valence-corrected chi connectivity index (χ2v) is 7.94. The largest absolute Gasteiger partial charge is 0.497 e. The van der Waals surface area contributed by atoms with E-state index in [1.54, 1.807) is 18.9 Å². The Kier molecular flexibility index (Phi) is 3.85. The zero-order valence-corrected chi connectivity index (χ0v) is 15.6. The van der Waals surface area contributed by atoms with Gasteiger partial charge in [0.05, 0.1) is 12.4 Å². The van der Waals surface area contributed by atoms with E-state index in [-0.39, 0.29) is 17.1 Å². The van der Waals surface area contributed by atoms with Crippen LogP contribution in [0.25, 0.3) is 0 Å². The predicted octanol–water partition coefficient (Wildman–Crippen LogP) is 5.24. The van der Waals surface area contributed by atoms with Crippen LogP contribution in [0.3, 0.4) is 0 Å². The van der Waals surface area contributed by atoms with Crippen molar-refractivity contribution in [2.24, 2.45) is 0 Å². The fraction of sp³-hybridized carbons (Fsp3) is 0.174. The van der Waals surface area contributed by atoms with E-state index in [0.29, 0.717) is 0 Å². The van der Waals surface area contributed by atoms with E-state index in [4.69, 9.17) is 9.47 Å². The van der Waals surface area contributed by atoms with Gasteiger partial charge >= 0.3 is 0 Å². The molecule has 0 amide bonds. The van der Waals surface area contributed by atoms with Gasteiger partial charge in [-0.1, -0.05) is 60.7 Å². The average Bonchev–Trinajstić information content (AvgIpc) is 3.48. The molecule has 0 bridgehead atoms. The summed E-state index contributed by atoms with van der Waals surface area (Å²) < 4.78 is 11.5. The molecule has 0 aliphatic carbocycles. The van der Waals surface area contributed by atoms with Crippen molar-refractivity contribution in [2.45, 2.75) is 21.9 Å². The van der Waals surface area contributed by atoms with E-state index in [0.717, 1.165) is 27.3 Å². The number of epoxide rings is 1. The van der Waals surface area contributed by atoms with Crippen LogP contribution in [0.4, 0.5) is 0 Å². The van der Waals surface area contributed by atoms with Gasteiger partial charge in [0.15, 0.2) is 11.4 Å². The zero-order chi connectivity index (χ0) is 18.4. The van der Waals surface area contributed by atoms with Gasteiger partial charge in [-0.25, -0.2) is 0 Å². The Bertz CT molecular complexity index is 1000. The maximum absolute atomic E-state index is 13.5. The van der Waals surface area contributed by atoms with Crippen molar-refractivity contribution in [1.29, 1.82) is 0 Å². The number of ketones is 1. The Balaban J connectivity index is 1.60. The van der Waals surface area contributed by atoms with E-state index in [1.165, 1.54) is 0 Å². The number of ether oxygens (including phenoxy) is 2. The third-order valence-corrected chi connectivity index (χ3v) is 6.75. The molecule has 3 nitrogen and oxygen atoms in total. The van der Waals surface area contributed by atoms with Gasteiger partial charge in [-0.2, -0.15) is 0 Å². The highest BCUT2D eigenvalue weighted by Gasteiger charge is 2.69. The topological polar surface area (TPSA) is 38.8 Å². The van der Waals surface area contributed by atoms with Crippen molar-refractivity contribution in [2.75, 3.05) is 7.11 Å². The maximum Gasteiger partial charge on any atom is 0.200 e. The number of thioether (sulfide) groups is 1. The summed E-state index contributed by atoms with van der Waals surface area (Å²) in [5.74, 6) is 0.870. The first-order valence-electron chi connectivity index (χ1n) is 8.91. The van der Waals surface area contributed by atoms with Gasteiger partial charge in [0.1, 0.15) is 11.9 Å². The summed E-state index contributed by atoms with van der Waals surface area (Å²) in [5.41, 5.74) is 2.02. The molecule has 3 aromatic carbocycles. The normalized spacial score (nSPS) is 25.9. The van der Waals surface area contributed by atoms with Crippen molar-refractivity contribution in [1.82, 2.24) is 0 Å². The fourth-order valence-corrected chi connectivity index (χ4v) is 5.32. The van der Waals surface area contributed by atoms with Gasteiger partial charge in [0, 0.05) is 10.5 Å². The standard InChI is InChI=1S/C23H18O3S/c1-25-17-13-11-15(12-14-17)21-23(26-21)20(24)18-9-5-6-10-19(18)27-22(23)16-7-3-2-4-8-16/h2-14,21-22H,1H3/t21-,22+,23-/m1/s1. The summed E-state index contributed by atoms with van der Waals surface area (Å²) in [7, 11) is 1.65. The first-order chi connectivity index (χ1) is 13.2. The lowest BCUT2D eigenvalue weighted by molar-refractivity contribution is 0.0861. The van der Waals surface area contributed by atoms with E-state index in [9.17, 15) is 4.79 Å². The minimum Gasteiger partial charge on any atom is -0.497 e. The molecule has 0 N–H and O–H groups in total. The van der Waals surface area contributed by atoms with Crippen LogP contribution in [-0.2, 0) is 4.74 Å². The SMILES string of the molecule is COc1ccc([C@H]2O[C@]23C(=O)c2ccccc2S[C@H]3c2ccccc2)cc1. The molecule has 3 aromatic rings. The first kappa shape index (κ1) is 16.6. The minimum absolute atomic E-state index is 0.0755. The Morgan fingerprint density at radius 2 is 1.59 bits per heavy atom. The summed E-state index contributed by atoms with van der Waals surface area (Å²) >= 11 is 1.72. The van der Waals surface area contributed by atoms with Crippen molar-refractivity contribution < 1.29 is 14.3 Å². The molecule has 0 radical (unpaired) electrons. The molecule has 2 aliphatic rings. The Morgan fingerprint density at radius 3 is 2.33 bits per heavy atom. The van der Waals surface area contributed by atoms with E-state index < -0.39 is 5.60 Å². The van der Waals surface area contributed by atoms with E-state index in [1.807, 2.05) is 66.7 Å². The van der Waals surface area contributed by atoms with Crippen LogP contribution in [0.15, 0.2) is 83.8 Å². The number of Topliss-reactive ketones (excluding diaryl/α,β-unsaturated/α-hetero) is 1. The highest BCUT2D eigenvalue weighted by molar-refractivity contribution is 7.99. The second-order valence-electron chi connectivity index (χ2n) is 6.80. The average molecular weight is 374 g/mol. The smallest absolute Gasteiger partial charge is 0.200 e. The number of fused-ring (bicyclic) bond motifs is 1. The molecule has 2 heterocycles. The fourth-order valence-electron chi connectivity index (χ4n) is 3.87. The number of hydrogen-bond donors (Lipinski definition) is 0. The number of carbonyl (C=O) groups excluding carboxylic acids is 1. The highest BCUT2D eigenvalue weighted by atomic mass is 32.2. The number of carbonyl (C=O) groups is 1. The summed E-state index contributed by atoms with van der Waals surface area (Å²) in [6, 6.07) is 25.8. The lowest BCUT2D eigenvalue weighted by atomic mass is 9.85. The molecule has 27 heavy (non-hydrogen) atoms. The number of rotatable bonds is 3. The molecule has 0 saturated carbocycles. The Morgan fingerprint density at radius 1 is 0.889 bits per heavy atom. The quantitative estimate of drug-likeness (QED) is 0.588. The molecule has 0 aromatic heterocycles. The van der Waals surface area contributed by atoms with Crippen LogP contribution >= 0.6 is 11.8 Å². The van der Waals surface area contributed by atoms with E-state index >= 15 is 0 Å². The van der Waals surface area contributed by atoms with E-state index in [2.05, 4.69) is 12.1 Å². The lowest BCUT2D eigenvalue weighted by Crippen LogP contribution is -2.35. The first-order valence-corrected chi connectivity index (χ1v) is 9.79. The number of hydrogen-bond acceptors (Lipinski definition) is 4. The Labute approximate surface area is 162 Å². The molecular weight excluding hydrogens is 356 g/mol. The van der Waals surface area contributed by atoms with Crippen molar-refractivity contribution in [3.8, 4) is 5.75 Å². The van der Waals surface area contributed by atoms with Crippen LogP contribution in [0.2, 0.25) is 0 Å². The van der Waals surface area contributed by atoms with Crippen molar-refractivity contribution in [3.63, 3.8) is 0 Å². The predicted molar refractivity (Wildman–Crippen MR) is 105 cm³/mol. The number of methoxy groups -OCH3 is 1. The minimum atomic E-state index is -0.852. The highest BCUT2D eigenvalue weighted by Crippen LogP contribution is 2.66. The molecular formula is C23H18O3S. The van der Waals surface area contributed by atoms with Gasteiger partial charge in [-0.3, -0.25) is 4.79 Å². The molecule has 134 valence electrons. The molecule has 0 unspecified atom stereocenters.